The summed E-state index contributed by atoms with van der Waals surface area (Å²) >= 11 is 0. The van der Waals surface area contributed by atoms with E-state index in [0.29, 0.717) is 23.8 Å². The number of hydrogen-bond donors (Lipinski definition) is 0. The van der Waals surface area contributed by atoms with Crippen LogP contribution in [-0.2, 0) is 4.79 Å². The molecule has 2 rings (SSSR count). The molecule has 1 aliphatic carbocycles. The van der Waals surface area contributed by atoms with Crippen molar-refractivity contribution >= 4 is 5.97 Å². The zero-order valence-corrected chi connectivity index (χ0v) is 11.8. The van der Waals surface area contributed by atoms with E-state index < -0.39 is 0 Å². The second kappa shape index (κ2) is 6.60. The summed E-state index contributed by atoms with van der Waals surface area (Å²) in [5.41, 5.74) is 1.09. The van der Waals surface area contributed by atoms with Crippen LogP contribution in [0.25, 0.3) is 0 Å². The number of carbonyl (C=O) groups excluding carboxylic acids is 1. The number of ether oxygens (including phenoxy) is 2. The summed E-state index contributed by atoms with van der Waals surface area (Å²) in [6, 6.07) is 5.59. The van der Waals surface area contributed by atoms with Gasteiger partial charge >= 0.3 is 5.97 Å². The first kappa shape index (κ1) is 13.9. The number of carbonyl (C=O) groups is 1. The molecule has 3 heteroatoms. The van der Waals surface area contributed by atoms with Gasteiger partial charge in [-0.2, -0.15) is 0 Å². The fraction of sp³-hybridized carbons (Fsp3) is 0.562. The molecule has 1 saturated carbocycles. The Kier molecular flexibility index (Phi) is 4.83. The van der Waals surface area contributed by atoms with E-state index in [1.54, 1.807) is 13.2 Å². The Morgan fingerprint density at radius 1 is 1.26 bits per heavy atom. The maximum atomic E-state index is 11.8. The van der Waals surface area contributed by atoms with Crippen molar-refractivity contribution in [3.8, 4) is 11.5 Å². The van der Waals surface area contributed by atoms with E-state index >= 15 is 0 Å². The molecule has 1 aromatic carbocycles. The van der Waals surface area contributed by atoms with Gasteiger partial charge in [-0.3, -0.25) is 4.79 Å². The molecule has 0 aromatic heterocycles. The predicted molar refractivity (Wildman–Crippen MR) is 74.6 cm³/mol. The van der Waals surface area contributed by atoms with Gasteiger partial charge in [0.25, 0.3) is 0 Å². The highest BCUT2D eigenvalue weighted by Gasteiger charge is 2.17. The molecule has 0 spiro atoms. The Balaban J connectivity index is 1.87. The standard InChI is InChI=1S/C16H22O3/c1-12-7-9-14(15(11-12)18-2)19-16(17)10-8-13-5-3-4-6-13/h7,9,11,13H,3-6,8,10H2,1-2H3. The van der Waals surface area contributed by atoms with Gasteiger partial charge < -0.3 is 9.47 Å². The van der Waals surface area contributed by atoms with Crippen LogP contribution in [0.1, 0.15) is 44.1 Å². The van der Waals surface area contributed by atoms with Crippen molar-refractivity contribution in [2.24, 2.45) is 5.92 Å². The lowest BCUT2D eigenvalue weighted by Crippen LogP contribution is -2.10. The first-order valence-corrected chi connectivity index (χ1v) is 7.04. The van der Waals surface area contributed by atoms with Gasteiger partial charge in [0.2, 0.25) is 0 Å². The molecule has 1 aromatic rings. The number of hydrogen-bond acceptors (Lipinski definition) is 3. The minimum atomic E-state index is -0.158. The predicted octanol–water partition coefficient (Wildman–Crippen LogP) is 3.88. The largest absolute Gasteiger partial charge is 0.493 e. The van der Waals surface area contributed by atoms with Gasteiger partial charge in [-0.05, 0) is 37.0 Å². The second-order valence-corrected chi connectivity index (χ2v) is 5.32. The summed E-state index contributed by atoms with van der Waals surface area (Å²) < 4.78 is 10.6. The zero-order valence-electron chi connectivity index (χ0n) is 11.8. The fourth-order valence-electron chi connectivity index (χ4n) is 2.65. The molecule has 0 radical (unpaired) electrons. The summed E-state index contributed by atoms with van der Waals surface area (Å²) in [7, 11) is 1.59. The maximum Gasteiger partial charge on any atom is 0.311 e. The van der Waals surface area contributed by atoms with E-state index in [1.165, 1.54) is 25.7 Å². The van der Waals surface area contributed by atoms with Crippen LogP contribution in [0, 0.1) is 12.8 Å². The minimum absolute atomic E-state index is 0.158. The van der Waals surface area contributed by atoms with Crippen LogP contribution >= 0.6 is 0 Å². The topological polar surface area (TPSA) is 35.5 Å². The van der Waals surface area contributed by atoms with Crippen LogP contribution in [-0.4, -0.2) is 13.1 Å². The summed E-state index contributed by atoms with van der Waals surface area (Å²) in [6.07, 6.45) is 6.61. The number of aryl methyl sites for hydroxylation is 1. The van der Waals surface area contributed by atoms with Crippen LogP contribution in [0.2, 0.25) is 0 Å². The Morgan fingerprint density at radius 2 is 2.00 bits per heavy atom. The SMILES string of the molecule is COc1cc(C)ccc1OC(=O)CCC1CCCC1. The zero-order chi connectivity index (χ0) is 13.7. The van der Waals surface area contributed by atoms with Gasteiger partial charge in [-0.15, -0.1) is 0 Å². The Bertz CT molecular complexity index is 434. The maximum absolute atomic E-state index is 11.8. The molecule has 0 saturated heterocycles. The minimum Gasteiger partial charge on any atom is -0.493 e. The van der Waals surface area contributed by atoms with E-state index in [4.69, 9.17) is 9.47 Å². The molecule has 0 aliphatic heterocycles. The van der Waals surface area contributed by atoms with Crippen LogP contribution < -0.4 is 9.47 Å². The molecular formula is C16H22O3. The van der Waals surface area contributed by atoms with Gasteiger partial charge in [0.1, 0.15) is 0 Å². The average Bonchev–Trinajstić information content (AvgIpc) is 2.91. The highest BCUT2D eigenvalue weighted by Crippen LogP contribution is 2.30. The third kappa shape index (κ3) is 3.98. The van der Waals surface area contributed by atoms with Crippen LogP contribution in [0.4, 0.5) is 0 Å². The van der Waals surface area contributed by atoms with Crippen LogP contribution in [0.3, 0.4) is 0 Å². The van der Waals surface area contributed by atoms with Crippen LogP contribution in [0.15, 0.2) is 18.2 Å². The number of rotatable bonds is 5. The summed E-state index contributed by atoms with van der Waals surface area (Å²) in [5.74, 6) is 1.69. The average molecular weight is 262 g/mol. The van der Waals surface area contributed by atoms with Gasteiger partial charge in [0, 0.05) is 6.42 Å². The smallest absolute Gasteiger partial charge is 0.311 e. The highest BCUT2D eigenvalue weighted by atomic mass is 16.6. The summed E-state index contributed by atoms with van der Waals surface area (Å²) in [6.45, 7) is 1.98. The van der Waals surface area contributed by atoms with Crippen molar-refractivity contribution in [2.45, 2.75) is 45.4 Å². The van der Waals surface area contributed by atoms with Gasteiger partial charge in [-0.25, -0.2) is 0 Å². The molecule has 3 nitrogen and oxygen atoms in total. The van der Waals surface area contributed by atoms with E-state index in [1.807, 2.05) is 19.1 Å². The Morgan fingerprint density at radius 3 is 2.68 bits per heavy atom. The lowest BCUT2D eigenvalue weighted by Gasteiger charge is -2.11. The molecule has 0 heterocycles. The molecule has 104 valence electrons. The second-order valence-electron chi connectivity index (χ2n) is 5.32. The van der Waals surface area contributed by atoms with Crippen molar-refractivity contribution in [1.82, 2.24) is 0 Å². The monoisotopic (exact) mass is 262 g/mol. The molecule has 0 atom stereocenters. The normalized spacial score (nSPS) is 15.5. The highest BCUT2D eigenvalue weighted by molar-refractivity contribution is 5.73. The lowest BCUT2D eigenvalue weighted by atomic mass is 10.0. The van der Waals surface area contributed by atoms with E-state index in [-0.39, 0.29) is 5.97 Å². The van der Waals surface area contributed by atoms with Crippen molar-refractivity contribution in [2.75, 3.05) is 7.11 Å². The van der Waals surface area contributed by atoms with E-state index in [0.717, 1.165) is 12.0 Å². The molecule has 0 bridgehead atoms. The van der Waals surface area contributed by atoms with Gasteiger partial charge in [-0.1, -0.05) is 31.7 Å². The molecule has 0 N–H and O–H groups in total. The van der Waals surface area contributed by atoms with Crippen LogP contribution in [0.5, 0.6) is 11.5 Å². The van der Waals surface area contributed by atoms with Gasteiger partial charge in [0.05, 0.1) is 7.11 Å². The third-order valence-corrected chi connectivity index (χ3v) is 3.77. The lowest BCUT2D eigenvalue weighted by molar-refractivity contribution is -0.134. The molecule has 19 heavy (non-hydrogen) atoms. The van der Waals surface area contributed by atoms with E-state index in [2.05, 4.69) is 0 Å². The Hall–Kier alpha value is -1.51. The third-order valence-electron chi connectivity index (χ3n) is 3.77. The summed E-state index contributed by atoms with van der Waals surface area (Å²) in [4.78, 5) is 11.8. The van der Waals surface area contributed by atoms with Crippen molar-refractivity contribution in [1.29, 1.82) is 0 Å². The number of methoxy groups -OCH3 is 1. The number of benzene rings is 1. The molecular weight excluding hydrogens is 240 g/mol. The summed E-state index contributed by atoms with van der Waals surface area (Å²) in [5, 5.41) is 0. The first-order valence-electron chi connectivity index (χ1n) is 7.04. The quantitative estimate of drug-likeness (QED) is 0.596. The molecule has 0 amide bonds. The Labute approximate surface area is 114 Å². The molecule has 1 fully saturated rings. The van der Waals surface area contributed by atoms with Crippen molar-refractivity contribution < 1.29 is 14.3 Å². The van der Waals surface area contributed by atoms with Gasteiger partial charge in [0.15, 0.2) is 11.5 Å². The van der Waals surface area contributed by atoms with E-state index in [9.17, 15) is 4.79 Å². The van der Waals surface area contributed by atoms with Crippen molar-refractivity contribution in [3.63, 3.8) is 0 Å². The molecule has 1 aliphatic rings. The number of esters is 1. The first-order chi connectivity index (χ1) is 9.19. The van der Waals surface area contributed by atoms with Crippen molar-refractivity contribution in [3.05, 3.63) is 23.8 Å². The molecule has 0 unspecified atom stereocenters. The fourth-order valence-corrected chi connectivity index (χ4v) is 2.65.